The Hall–Kier alpha value is -9.86. The second kappa shape index (κ2) is 45.0. The van der Waals surface area contributed by atoms with Crippen molar-refractivity contribution in [2.24, 2.45) is 84.3 Å². The van der Waals surface area contributed by atoms with Crippen LogP contribution in [0.3, 0.4) is 0 Å². The van der Waals surface area contributed by atoms with Crippen molar-refractivity contribution in [3.8, 4) is 5.75 Å². The second-order valence-corrected chi connectivity index (χ2v) is 25.9. The number of carbonyl (C=O) groups is 11. The van der Waals surface area contributed by atoms with Gasteiger partial charge in [-0.1, -0.05) is 96.8 Å². The smallest absolute Gasteiger partial charge is 0.245 e. The fourth-order valence-electron chi connectivity index (χ4n) is 11.1. The number of benzene rings is 2. The molecule has 34 heteroatoms. The molecule has 562 valence electrons. The van der Waals surface area contributed by atoms with Gasteiger partial charge in [-0.25, -0.2) is 0 Å². The number of unbranched alkanes of at least 4 members (excludes halogenated alkanes) is 1. The lowest BCUT2D eigenvalue weighted by molar-refractivity contribution is -0.142. The average molecular weight is 1420 g/mol. The minimum absolute atomic E-state index is 0.000889. The molecule has 12 atom stereocenters. The van der Waals surface area contributed by atoms with E-state index in [2.05, 4.69) is 62.8 Å². The van der Waals surface area contributed by atoms with E-state index in [1.807, 2.05) is 0 Å². The van der Waals surface area contributed by atoms with Crippen LogP contribution in [0.15, 0.2) is 69.6 Å². The van der Waals surface area contributed by atoms with Gasteiger partial charge in [0, 0.05) is 32.6 Å². The van der Waals surface area contributed by atoms with Crippen LogP contribution in [0.25, 0.3) is 0 Å². The third-order valence-corrected chi connectivity index (χ3v) is 17.2. The van der Waals surface area contributed by atoms with Crippen LogP contribution in [0.4, 0.5) is 0 Å². The number of nitrogens with two attached hydrogens (primary N) is 9. The molecule has 0 unspecified atom stereocenters. The number of primary amides is 1. The summed E-state index contributed by atoms with van der Waals surface area (Å²) in [5.41, 5.74) is 52.4. The van der Waals surface area contributed by atoms with Crippen LogP contribution in [-0.2, 0) is 65.6 Å². The molecule has 34 nitrogen and oxygen atoms in total. The third kappa shape index (κ3) is 31.5. The Morgan fingerprint density at radius 1 is 0.515 bits per heavy atom. The van der Waals surface area contributed by atoms with Gasteiger partial charge < -0.3 is 109 Å². The molecule has 0 saturated carbocycles. The zero-order valence-electron chi connectivity index (χ0n) is 59.2. The van der Waals surface area contributed by atoms with Gasteiger partial charge in [0.25, 0.3) is 0 Å². The summed E-state index contributed by atoms with van der Waals surface area (Å²) >= 11 is 0. The van der Waals surface area contributed by atoms with Crippen LogP contribution in [0.2, 0.25) is 0 Å². The summed E-state index contributed by atoms with van der Waals surface area (Å²) in [5.74, 6) is -10.3. The van der Waals surface area contributed by atoms with Crippen molar-refractivity contribution < 1.29 is 57.8 Å². The molecule has 2 aromatic carbocycles. The monoisotopic (exact) mass is 1420 g/mol. The molecular formula is C67H112N22O12. The lowest BCUT2D eigenvalue weighted by atomic mass is 9.96. The average Bonchev–Trinajstić information content (AvgIpc) is 1.79. The molecule has 3 rings (SSSR count). The summed E-state index contributed by atoms with van der Waals surface area (Å²) in [4.78, 5) is 169. The number of rotatable bonds is 46. The summed E-state index contributed by atoms with van der Waals surface area (Å²) in [6.07, 6.45) is 2.88. The lowest BCUT2D eigenvalue weighted by Crippen LogP contribution is -2.61. The first kappa shape index (κ1) is 85.4. The first-order valence-electron chi connectivity index (χ1n) is 34.6. The maximum Gasteiger partial charge on any atom is 0.245 e. The number of hydrogen-bond acceptors (Lipinski definition) is 17. The fourth-order valence-corrected chi connectivity index (χ4v) is 11.1. The van der Waals surface area contributed by atoms with Crippen LogP contribution in [0, 0.1) is 17.8 Å². The Labute approximate surface area is 591 Å². The van der Waals surface area contributed by atoms with Crippen molar-refractivity contribution in [1.29, 1.82) is 0 Å². The van der Waals surface area contributed by atoms with Crippen LogP contribution >= 0.6 is 0 Å². The summed E-state index contributed by atoms with van der Waals surface area (Å²) in [6, 6.07) is 2.30. The van der Waals surface area contributed by atoms with Gasteiger partial charge in [0.2, 0.25) is 65.0 Å². The first-order valence-corrected chi connectivity index (χ1v) is 34.6. The number of nitrogens with zero attached hydrogens (tertiary/aromatic N) is 4. The van der Waals surface area contributed by atoms with E-state index >= 15 is 0 Å². The van der Waals surface area contributed by atoms with Gasteiger partial charge in [0.1, 0.15) is 60.1 Å². The number of hydrogen-bond donors (Lipinski definition) is 19. The number of carbonyl (C=O) groups excluding carboxylic acids is 11. The first-order chi connectivity index (χ1) is 47.9. The molecule has 1 aliphatic rings. The van der Waals surface area contributed by atoms with Crippen molar-refractivity contribution in [3.63, 3.8) is 0 Å². The molecule has 0 aromatic heterocycles. The quantitative estimate of drug-likeness (QED) is 0.0173. The standard InChI is InChI=1S/C67H112N22O12/c1-7-39(5)53(87-52(91)37-80-56(93)44(69)35-42-25-27-43(90)28-26-42)62(99)86-50(36-41-18-10-9-11-19-41)60(97)85-49(34-38(3)4)59(96)83-46(21-14-30-77-65(71)72)57(94)82-47(22-15-31-78-66(73)74)58(95)88-54(40(6)8-2)63(100)84-48(23-16-32-79-67(75)76)64(101)89-33-17-24-51(89)61(98)81-45(55(70)92)20-12-13-29-68/h9-11,18-19,25-28,38-40,44-51,53-54,90H,7-8,12-17,20-24,29-37,68-69H2,1-6H3,(H2,70,92)(H,80,93)(H,81,98)(H,82,94)(H,83,96)(H,84,100)(H,85,97)(H,86,99)(H,87,91)(H,88,95)(H4,71,72,77)(H4,73,74,78)(H4,75,76,79)/t39-,40+,44+,45+,46+,47+,48+,49+,50+,51+,53-,54+/m1/s1. The zero-order chi connectivity index (χ0) is 75.3. The van der Waals surface area contributed by atoms with E-state index < -0.39 is 144 Å². The van der Waals surface area contributed by atoms with Gasteiger partial charge in [0.05, 0.1) is 12.6 Å². The van der Waals surface area contributed by atoms with E-state index in [1.165, 1.54) is 17.0 Å². The number of phenols is 1. The van der Waals surface area contributed by atoms with Gasteiger partial charge in [-0.2, -0.15) is 0 Å². The van der Waals surface area contributed by atoms with Crippen molar-refractivity contribution in [2.75, 3.05) is 39.3 Å². The summed E-state index contributed by atoms with van der Waals surface area (Å²) < 4.78 is 0. The van der Waals surface area contributed by atoms with Gasteiger partial charge in [-0.05, 0) is 131 Å². The second-order valence-electron chi connectivity index (χ2n) is 25.9. The number of phenolic OH excluding ortho intramolecular Hbond substituents is 1. The molecule has 1 saturated heterocycles. The minimum atomic E-state index is -1.44. The summed E-state index contributed by atoms with van der Waals surface area (Å²) in [6.45, 7) is 10.6. The SMILES string of the molecule is CC[C@@H](C)[C@@H](NC(=O)CNC(=O)[C@@H](N)Cc1ccc(O)cc1)C(=O)N[C@@H](Cc1ccccc1)C(=O)N[C@@H](CC(C)C)C(=O)N[C@@H](CCCN=C(N)N)C(=O)N[C@@H](CCCN=C(N)N)C(=O)N[C@H](C(=O)N[C@@H](CCCN=C(N)N)C(=O)N1CCC[C@H]1C(=O)N[C@@H](CCCCN)C(N)=O)[C@@H](C)CC. The van der Waals surface area contributed by atoms with Crippen molar-refractivity contribution in [2.45, 2.75) is 205 Å². The lowest BCUT2D eigenvalue weighted by Gasteiger charge is -2.32. The highest BCUT2D eigenvalue weighted by Gasteiger charge is 2.41. The van der Waals surface area contributed by atoms with Crippen molar-refractivity contribution >= 4 is 82.9 Å². The van der Waals surface area contributed by atoms with Gasteiger partial charge in [-0.3, -0.25) is 67.7 Å². The van der Waals surface area contributed by atoms with Crippen LogP contribution in [-0.4, -0.2) is 193 Å². The highest BCUT2D eigenvalue weighted by Crippen LogP contribution is 2.22. The maximum absolute atomic E-state index is 14.9. The number of guanidine groups is 3. The summed E-state index contributed by atoms with van der Waals surface area (Å²) in [7, 11) is 0. The number of aliphatic imine (C=N–C) groups is 3. The van der Waals surface area contributed by atoms with Crippen molar-refractivity contribution in [1.82, 2.24) is 52.8 Å². The van der Waals surface area contributed by atoms with E-state index in [4.69, 9.17) is 51.6 Å². The predicted octanol–water partition coefficient (Wildman–Crippen LogP) is -3.60. The molecule has 1 aliphatic heterocycles. The molecule has 2 aromatic rings. The molecule has 1 fully saturated rings. The number of amides is 11. The van der Waals surface area contributed by atoms with Gasteiger partial charge in [0.15, 0.2) is 17.9 Å². The van der Waals surface area contributed by atoms with Crippen molar-refractivity contribution in [3.05, 3.63) is 65.7 Å². The molecule has 11 amide bonds. The number of likely N-dealkylation sites (tertiary alicyclic amines) is 1. The topological polar surface area (TPSA) is 591 Å². The Bertz CT molecular complexity index is 3110. The Morgan fingerprint density at radius 2 is 0.970 bits per heavy atom. The zero-order valence-corrected chi connectivity index (χ0v) is 59.2. The summed E-state index contributed by atoms with van der Waals surface area (Å²) in [5, 5.41) is 34.2. The van der Waals surface area contributed by atoms with Gasteiger partial charge in [-0.15, -0.1) is 0 Å². The molecule has 0 aliphatic carbocycles. The molecule has 28 N–H and O–H groups in total. The Kier molecular flexibility index (Phi) is 38.0. The molecule has 0 radical (unpaired) electrons. The molecule has 0 bridgehead atoms. The highest BCUT2D eigenvalue weighted by molar-refractivity contribution is 5.99. The predicted molar refractivity (Wildman–Crippen MR) is 383 cm³/mol. The van der Waals surface area contributed by atoms with E-state index in [1.54, 1.807) is 84.0 Å². The minimum Gasteiger partial charge on any atom is -0.508 e. The normalized spacial score (nSPS) is 15.9. The third-order valence-electron chi connectivity index (χ3n) is 17.2. The maximum atomic E-state index is 14.9. The number of aromatic hydroxyl groups is 1. The largest absolute Gasteiger partial charge is 0.508 e. The van der Waals surface area contributed by atoms with E-state index in [9.17, 15) is 57.8 Å². The molecule has 0 spiro atoms. The fraction of sp³-hybridized carbons (Fsp3) is 0.612. The number of nitrogens with one attached hydrogen (secondary N) is 9. The van der Waals surface area contributed by atoms with Crippen LogP contribution < -0.4 is 99.5 Å². The van der Waals surface area contributed by atoms with E-state index in [-0.39, 0.29) is 126 Å². The highest BCUT2D eigenvalue weighted by atomic mass is 16.3. The van der Waals surface area contributed by atoms with Crippen LogP contribution in [0.5, 0.6) is 5.75 Å². The Balaban J connectivity index is 1.98. The van der Waals surface area contributed by atoms with Crippen LogP contribution in [0.1, 0.15) is 143 Å². The van der Waals surface area contributed by atoms with E-state index in [0.29, 0.717) is 49.8 Å². The molecular weight excluding hydrogens is 1300 g/mol. The molecule has 1 heterocycles. The molecule has 101 heavy (non-hydrogen) atoms. The van der Waals surface area contributed by atoms with Gasteiger partial charge >= 0.3 is 0 Å². The Morgan fingerprint density at radius 3 is 1.48 bits per heavy atom. The van der Waals surface area contributed by atoms with E-state index in [0.717, 1.165) is 0 Å².